The van der Waals surface area contributed by atoms with Gasteiger partial charge in [0.05, 0.1) is 23.9 Å². The number of methoxy groups -OCH3 is 1. The molecule has 1 aliphatic heterocycles. The number of pyridine rings is 1. The Balaban J connectivity index is 1.77. The average molecular weight is 485 g/mol. The summed E-state index contributed by atoms with van der Waals surface area (Å²) in [6, 6.07) is 7.03. The van der Waals surface area contributed by atoms with Gasteiger partial charge in [-0.2, -0.15) is 0 Å². The van der Waals surface area contributed by atoms with Gasteiger partial charge >= 0.3 is 0 Å². The Kier molecular flexibility index (Phi) is 5.75. The molecule has 2 aromatic carbocycles. The summed E-state index contributed by atoms with van der Waals surface area (Å²) in [5.41, 5.74) is 15.9. The summed E-state index contributed by atoms with van der Waals surface area (Å²) in [5, 5.41) is 0.268. The van der Waals surface area contributed by atoms with Gasteiger partial charge in [-0.05, 0) is 36.6 Å². The molecule has 3 heterocycles. The number of anilines is 2. The van der Waals surface area contributed by atoms with Crippen molar-refractivity contribution in [2.24, 2.45) is 5.73 Å². The number of piperidine rings is 1. The van der Waals surface area contributed by atoms with Crippen LogP contribution in [0.1, 0.15) is 12.8 Å². The van der Waals surface area contributed by atoms with Crippen LogP contribution in [0.2, 0.25) is 5.02 Å². The Morgan fingerprint density at radius 2 is 1.85 bits per heavy atom. The largest absolute Gasteiger partial charge is 0.494 e. The lowest BCUT2D eigenvalue weighted by atomic mass is 9.97. The normalized spacial score (nSPS) is 14.7. The zero-order chi connectivity index (χ0) is 24.0. The third-order valence-electron chi connectivity index (χ3n) is 6.09. The molecule has 1 aliphatic rings. The predicted octanol–water partition coefficient (Wildman–Crippen LogP) is 4.74. The topological polar surface area (TPSA) is 106 Å². The van der Waals surface area contributed by atoms with Crippen LogP contribution in [0.25, 0.3) is 33.5 Å². The summed E-state index contributed by atoms with van der Waals surface area (Å²) in [6.45, 7) is 1.34. The van der Waals surface area contributed by atoms with Gasteiger partial charge in [0.25, 0.3) is 0 Å². The molecule has 0 radical (unpaired) electrons. The number of benzene rings is 2. The van der Waals surface area contributed by atoms with Gasteiger partial charge in [0.2, 0.25) is 0 Å². The molecule has 1 fully saturated rings. The molecule has 0 unspecified atom stereocenters. The zero-order valence-electron chi connectivity index (χ0n) is 18.4. The van der Waals surface area contributed by atoms with E-state index >= 15 is 0 Å². The molecule has 1 saturated heterocycles. The lowest BCUT2D eigenvalue weighted by molar-refractivity contribution is 0.416. The molecule has 0 bridgehead atoms. The number of hydrogen-bond acceptors (Lipinski definition) is 6. The van der Waals surface area contributed by atoms with Crippen molar-refractivity contribution in [3.8, 4) is 28.3 Å². The van der Waals surface area contributed by atoms with E-state index in [1.54, 1.807) is 12.3 Å². The fourth-order valence-electron chi connectivity index (χ4n) is 4.45. The SMILES string of the molecule is COc1cc(F)cc2nc(-c3c(N)ncc(-c4cc(F)cc(Cl)c4)c3N3CCC(N)CC3)[nH]c12. The van der Waals surface area contributed by atoms with Crippen LogP contribution in [0.5, 0.6) is 5.75 Å². The molecular formula is C24H23ClF2N6O. The van der Waals surface area contributed by atoms with Crippen molar-refractivity contribution in [3.63, 3.8) is 0 Å². The highest BCUT2D eigenvalue weighted by atomic mass is 35.5. The van der Waals surface area contributed by atoms with Gasteiger partial charge in [0.15, 0.2) is 0 Å². The van der Waals surface area contributed by atoms with E-state index < -0.39 is 11.6 Å². The molecule has 0 atom stereocenters. The molecule has 34 heavy (non-hydrogen) atoms. The van der Waals surface area contributed by atoms with Crippen LogP contribution in [0.15, 0.2) is 36.5 Å². The first-order chi connectivity index (χ1) is 16.3. The number of nitrogens with two attached hydrogens (primary N) is 2. The van der Waals surface area contributed by atoms with Crippen molar-refractivity contribution in [2.75, 3.05) is 30.8 Å². The van der Waals surface area contributed by atoms with Gasteiger partial charge in [-0.15, -0.1) is 0 Å². The highest BCUT2D eigenvalue weighted by molar-refractivity contribution is 6.30. The number of halogens is 3. The van der Waals surface area contributed by atoms with Gasteiger partial charge in [-0.1, -0.05) is 11.6 Å². The molecule has 5 N–H and O–H groups in total. The molecule has 176 valence electrons. The molecule has 2 aromatic heterocycles. The standard InChI is InChI=1S/C24H23ClF2N6O/c1-34-19-10-15(27)9-18-21(19)32-24(31-18)20-22(33-4-2-16(28)3-5-33)17(11-30-23(20)29)12-6-13(25)8-14(26)7-12/h6-11,16H,2-5,28H2,1H3,(H2,29,30)(H,31,32). The van der Waals surface area contributed by atoms with E-state index in [2.05, 4.69) is 19.9 Å². The summed E-state index contributed by atoms with van der Waals surface area (Å²) in [5.74, 6) is 0.0184. The van der Waals surface area contributed by atoms with Crippen molar-refractivity contribution < 1.29 is 13.5 Å². The first-order valence-electron chi connectivity index (χ1n) is 10.8. The minimum absolute atomic E-state index is 0.101. The van der Waals surface area contributed by atoms with Crippen molar-refractivity contribution in [3.05, 3.63) is 53.2 Å². The van der Waals surface area contributed by atoms with E-state index in [1.807, 2.05) is 0 Å². The van der Waals surface area contributed by atoms with Gasteiger partial charge in [-0.25, -0.2) is 18.7 Å². The maximum Gasteiger partial charge on any atom is 0.147 e. The van der Waals surface area contributed by atoms with Crippen LogP contribution >= 0.6 is 11.6 Å². The van der Waals surface area contributed by atoms with Crippen LogP contribution in [-0.4, -0.2) is 41.2 Å². The van der Waals surface area contributed by atoms with E-state index in [0.717, 1.165) is 18.5 Å². The van der Waals surface area contributed by atoms with Crippen LogP contribution in [0, 0.1) is 11.6 Å². The van der Waals surface area contributed by atoms with Gasteiger partial charge < -0.3 is 26.1 Å². The lowest BCUT2D eigenvalue weighted by Gasteiger charge is -2.34. The number of hydrogen-bond donors (Lipinski definition) is 3. The minimum atomic E-state index is -0.470. The van der Waals surface area contributed by atoms with Crippen LogP contribution in [0.4, 0.5) is 20.3 Å². The molecule has 10 heteroatoms. The number of fused-ring (bicyclic) bond motifs is 1. The third-order valence-corrected chi connectivity index (χ3v) is 6.31. The zero-order valence-corrected chi connectivity index (χ0v) is 19.2. The van der Waals surface area contributed by atoms with E-state index in [9.17, 15) is 8.78 Å². The number of nitrogens with one attached hydrogen (secondary N) is 1. The lowest BCUT2D eigenvalue weighted by Crippen LogP contribution is -2.40. The molecule has 0 aliphatic carbocycles. The monoisotopic (exact) mass is 484 g/mol. The van der Waals surface area contributed by atoms with E-state index in [4.69, 9.17) is 27.8 Å². The summed E-state index contributed by atoms with van der Waals surface area (Å²) >= 11 is 6.16. The highest BCUT2D eigenvalue weighted by Gasteiger charge is 2.27. The number of nitrogens with zero attached hydrogens (tertiary/aromatic N) is 3. The maximum absolute atomic E-state index is 14.3. The second-order valence-corrected chi connectivity index (χ2v) is 8.79. The Bertz CT molecular complexity index is 1360. The van der Waals surface area contributed by atoms with E-state index in [0.29, 0.717) is 52.4 Å². The Morgan fingerprint density at radius 3 is 2.56 bits per heavy atom. The van der Waals surface area contributed by atoms with Crippen molar-refractivity contribution in [1.82, 2.24) is 15.0 Å². The molecule has 0 amide bonds. The van der Waals surface area contributed by atoms with Crippen LogP contribution in [0.3, 0.4) is 0 Å². The van der Waals surface area contributed by atoms with Crippen molar-refractivity contribution in [1.29, 1.82) is 0 Å². The molecule has 4 aromatic rings. The van der Waals surface area contributed by atoms with Crippen molar-refractivity contribution >= 4 is 34.1 Å². The van der Waals surface area contributed by atoms with E-state index in [1.165, 1.54) is 31.4 Å². The second-order valence-electron chi connectivity index (χ2n) is 8.35. The Hall–Kier alpha value is -3.43. The van der Waals surface area contributed by atoms with Gasteiger partial charge in [0.1, 0.15) is 34.5 Å². The average Bonchev–Trinajstić information content (AvgIpc) is 3.21. The number of H-pyrrole nitrogens is 1. The van der Waals surface area contributed by atoms with Crippen molar-refractivity contribution in [2.45, 2.75) is 18.9 Å². The fraction of sp³-hybridized carbons (Fsp3) is 0.250. The summed E-state index contributed by atoms with van der Waals surface area (Å²) in [7, 11) is 1.46. The Morgan fingerprint density at radius 1 is 1.12 bits per heavy atom. The predicted molar refractivity (Wildman–Crippen MR) is 130 cm³/mol. The maximum atomic E-state index is 14.3. The van der Waals surface area contributed by atoms with Gasteiger partial charge in [0, 0.05) is 48.0 Å². The molecule has 5 rings (SSSR count). The van der Waals surface area contributed by atoms with Crippen LogP contribution < -0.4 is 21.1 Å². The fourth-order valence-corrected chi connectivity index (χ4v) is 4.67. The third kappa shape index (κ3) is 4.01. The smallest absolute Gasteiger partial charge is 0.147 e. The Labute approximate surface area is 199 Å². The number of aromatic amines is 1. The number of imidazole rings is 1. The highest BCUT2D eigenvalue weighted by Crippen LogP contribution is 2.43. The first kappa shape index (κ1) is 22.4. The summed E-state index contributed by atoms with van der Waals surface area (Å²) in [6.07, 6.45) is 3.17. The van der Waals surface area contributed by atoms with Crippen LogP contribution in [-0.2, 0) is 0 Å². The summed E-state index contributed by atoms with van der Waals surface area (Å²) < 4.78 is 33.7. The minimum Gasteiger partial charge on any atom is -0.494 e. The molecule has 0 spiro atoms. The van der Waals surface area contributed by atoms with Gasteiger partial charge in [-0.3, -0.25) is 0 Å². The number of aromatic nitrogens is 3. The molecule has 7 nitrogen and oxygen atoms in total. The first-order valence-corrected chi connectivity index (χ1v) is 11.2. The summed E-state index contributed by atoms with van der Waals surface area (Å²) in [4.78, 5) is 14.4. The quantitative estimate of drug-likeness (QED) is 0.386. The molecular weight excluding hydrogens is 462 g/mol. The second kappa shape index (κ2) is 8.73. The van der Waals surface area contributed by atoms with E-state index in [-0.39, 0.29) is 16.9 Å². The number of ether oxygens (including phenoxy) is 1. The number of rotatable bonds is 4. The molecule has 0 saturated carbocycles. The number of nitrogen functional groups attached to an aromatic ring is 1.